The van der Waals surface area contributed by atoms with Crippen LogP contribution < -0.4 is 0 Å². The van der Waals surface area contributed by atoms with E-state index in [9.17, 15) is 19.2 Å². The molecule has 0 spiro atoms. The Morgan fingerprint density at radius 3 is 2.53 bits per heavy atom. The average molecular weight is 238 g/mol. The second kappa shape index (κ2) is 5.66. The minimum absolute atomic E-state index is 0.0909. The van der Waals surface area contributed by atoms with Crippen LogP contribution in [0.3, 0.4) is 0 Å². The fourth-order valence-corrected chi connectivity index (χ4v) is 1.85. The summed E-state index contributed by atoms with van der Waals surface area (Å²) in [5.74, 6) is -1.50. The predicted octanol–water partition coefficient (Wildman–Crippen LogP) is 0.287. The number of Topliss-reactive ketones (excluding diaryl/α,β-unsaturated/α-hetero) is 3. The van der Waals surface area contributed by atoms with Gasteiger partial charge in [0, 0.05) is 19.4 Å². The van der Waals surface area contributed by atoms with Gasteiger partial charge in [-0.1, -0.05) is 6.92 Å². The monoisotopic (exact) mass is 238 g/mol. The molecule has 0 heterocycles. The van der Waals surface area contributed by atoms with Crippen LogP contribution in [0.4, 0.5) is 0 Å². The summed E-state index contributed by atoms with van der Waals surface area (Å²) in [6.45, 7) is 3.55. The van der Waals surface area contributed by atoms with Crippen molar-refractivity contribution in [3.8, 4) is 0 Å². The van der Waals surface area contributed by atoms with Crippen molar-refractivity contribution in [3.05, 3.63) is 5.57 Å². The van der Waals surface area contributed by atoms with Crippen LogP contribution in [0.1, 0.15) is 26.7 Å². The number of ether oxygens (including phenoxy) is 1. The number of carbonyl (C=O) groups is 3. The van der Waals surface area contributed by atoms with Crippen LogP contribution in [0, 0.1) is 5.92 Å². The van der Waals surface area contributed by atoms with Gasteiger partial charge in [0.1, 0.15) is 23.5 Å². The van der Waals surface area contributed by atoms with Crippen LogP contribution in [0.15, 0.2) is 5.57 Å². The lowest BCUT2D eigenvalue weighted by atomic mass is 9.79. The van der Waals surface area contributed by atoms with Gasteiger partial charge in [-0.3, -0.25) is 14.4 Å². The summed E-state index contributed by atoms with van der Waals surface area (Å²) in [4.78, 5) is 45.7. The van der Waals surface area contributed by atoms with Gasteiger partial charge in [-0.05, 0) is 6.92 Å². The minimum atomic E-state index is -1.33. The lowest BCUT2D eigenvalue weighted by Crippen LogP contribution is -2.43. The summed E-state index contributed by atoms with van der Waals surface area (Å²) in [5.41, 5.74) is -0.224. The molecule has 1 fully saturated rings. The molecule has 1 saturated carbocycles. The van der Waals surface area contributed by atoms with Crippen molar-refractivity contribution in [1.82, 2.24) is 0 Å². The van der Waals surface area contributed by atoms with Crippen LogP contribution >= 0.6 is 0 Å². The first-order valence-corrected chi connectivity index (χ1v) is 5.53. The topological polar surface area (TPSA) is 77.5 Å². The van der Waals surface area contributed by atoms with E-state index < -0.39 is 29.4 Å². The van der Waals surface area contributed by atoms with E-state index in [1.54, 1.807) is 13.8 Å². The molecular weight excluding hydrogens is 224 g/mol. The van der Waals surface area contributed by atoms with E-state index in [1.807, 2.05) is 0 Å². The first-order valence-electron chi connectivity index (χ1n) is 5.53. The molecule has 0 bridgehead atoms. The molecule has 1 rings (SSSR count). The van der Waals surface area contributed by atoms with E-state index in [0.29, 0.717) is 0 Å². The average Bonchev–Trinajstić information content (AvgIpc) is 2.29. The molecule has 0 aromatic rings. The predicted molar refractivity (Wildman–Crippen MR) is 58.0 cm³/mol. The van der Waals surface area contributed by atoms with E-state index in [0.717, 1.165) is 0 Å². The highest BCUT2D eigenvalue weighted by molar-refractivity contribution is 6.28. The quantitative estimate of drug-likeness (QED) is 0.399. The highest BCUT2D eigenvalue weighted by Crippen LogP contribution is 2.25. The van der Waals surface area contributed by atoms with Gasteiger partial charge in [0.2, 0.25) is 0 Å². The zero-order valence-electron chi connectivity index (χ0n) is 9.82. The molecule has 0 saturated heterocycles. The Hall–Kier alpha value is -1.58. The molecule has 5 nitrogen and oxygen atoms in total. The van der Waals surface area contributed by atoms with Crippen molar-refractivity contribution in [2.24, 2.45) is 5.92 Å². The standard InChI is InChI=1S/C12H14O5/c1-3-8(14)11-9(15)5-10(17-4-2)7(6-13)12(11)16/h10-11H,3-5H2,1-2H3. The smallest absolute Gasteiger partial charge is 0.190 e. The first-order chi connectivity index (χ1) is 8.06. The van der Waals surface area contributed by atoms with Crippen molar-refractivity contribution in [3.63, 3.8) is 0 Å². The van der Waals surface area contributed by atoms with Crippen LogP contribution in [0.5, 0.6) is 0 Å². The van der Waals surface area contributed by atoms with E-state index >= 15 is 0 Å². The summed E-state index contributed by atoms with van der Waals surface area (Å²) < 4.78 is 5.14. The van der Waals surface area contributed by atoms with Crippen LogP contribution in [-0.2, 0) is 23.9 Å². The van der Waals surface area contributed by atoms with Crippen molar-refractivity contribution in [1.29, 1.82) is 0 Å². The first kappa shape index (κ1) is 13.5. The van der Waals surface area contributed by atoms with Gasteiger partial charge in [0.15, 0.2) is 17.3 Å². The zero-order chi connectivity index (χ0) is 13.0. The second-order valence-electron chi connectivity index (χ2n) is 3.75. The molecule has 0 aromatic heterocycles. The molecule has 5 heteroatoms. The zero-order valence-corrected chi connectivity index (χ0v) is 9.82. The summed E-state index contributed by atoms with van der Waals surface area (Å²) in [5, 5.41) is 0. The van der Waals surface area contributed by atoms with E-state index in [2.05, 4.69) is 0 Å². The maximum atomic E-state index is 11.8. The van der Waals surface area contributed by atoms with E-state index in [-0.39, 0.29) is 25.0 Å². The molecule has 2 atom stereocenters. The van der Waals surface area contributed by atoms with Gasteiger partial charge in [-0.2, -0.15) is 0 Å². The fourth-order valence-electron chi connectivity index (χ4n) is 1.85. The largest absolute Gasteiger partial charge is 0.372 e. The van der Waals surface area contributed by atoms with Crippen molar-refractivity contribution < 1.29 is 23.9 Å². The Morgan fingerprint density at radius 1 is 1.41 bits per heavy atom. The van der Waals surface area contributed by atoms with Gasteiger partial charge < -0.3 is 4.74 Å². The number of ketones is 3. The van der Waals surface area contributed by atoms with Crippen molar-refractivity contribution >= 4 is 23.3 Å². The third-order valence-corrected chi connectivity index (χ3v) is 2.71. The number of hydrogen-bond acceptors (Lipinski definition) is 5. The van der Waals surface area contributed by atoms with Crippen molar-refractivity contribution in [2.45, 2.75) is 32.8 Å². The van der Waals surface area contributed by atoms with Gasteiger partial charge in [0.25, 0.3) is 0 Å². The normalized spacial score (nSPS) is 24.7. The van der Waals surface area contributed by atoms with Gasteiger partial charge in [-0.25, -0.2) is 4.79 Å². The van der Waals surface area contributed by atoms with E-state index in [1.165, 1.54) is 5.94 Å². The lowest BCUT2D eigenvalue weighted by molar-refractivity contribution is -0.142. The Kier molecular flexibility index (Phi) is 4.49. The molecule has 0 radical (unpaired) electrons. The third-order valence-electron chi connectivity index (χ3n) is 2.71. The Labute approximate surface area is 98.8 Å². The van der Waals surface area contributed by atoms with Gasteiger partial charge >= 0.3 is 0 Å². The Morgan fingerprint density at radius 2 is 2.06 bits per heavy atom. The van der Waals surface area contributed by atoms with Crippen LogP contribution in [0.25, 0.3) is 0 Å². The third kappa shape index (κ3) is 2.57. The molecule has 92 valence electrons. The minimum Gasteiger partial charge on any atom is -0.372 e. The SMILES string of the molecule is CCOC1CC(=O)C(C(=O)CC)C(=O)C1=C=O. The summed E-state index contributed by atoms with van der Waals surface area (Å²) >= 11 is 0. The van der Waals surface area contributed by atoms with Gasteiger partial charge in [0.05, 0.1) is 0 Å². The van der Waals surface area contributed by atoms with Crippen molar-refractivity contribution in [2.75, 3.05) is 6.61 Å². The van der Waals surface area contributed by atoms with Gasteiger partial charge in [-0.15, -0.1) is 0 Å². The molecule has 1 aliphatic carbocycles. The second-order valence-corrected chi connectivity index (χ2v) is 3.75. The maximum Gasteiger partial charge on any atom is 0.190 e. The number of hydrogen-bond donors (Lipinski definition) is 0. The molecule has 0 amide bonds. The molecular formula is C12H14O5. The van der Waals surface area contributed by atoms with Crippen LogP contribution in [0.2, 0.25) is 0 Å². The maximum absolute atomic E-state index is 11.8. The van der Waals surface area contributed by atoms with Crippen LogP contribution in [-0.4, -0.2) is 36.0 Å². The molecule has 1 aliphatic rings. The summed E-state index contributed by atoms with van der Waals surface area (Å²) in [6, 6.07) is 0. The molecule has 17 heavy (non-hydrogen) atoms. The molecule has 0 aromatic carbocycles. The molecule has 0 aliphatic heterocycles. The summed E-state index contributed by atoms with van der Waals surface area (Å²) in [7, 11) is 0. The Bertz CT molecular complexity index is 403. The number of rotatable bonds is 4. The summed E-state index contributed by atoms with van der Waals surface area (Å²) in [6.07, 6.45) is -0.868. The van der Waals surface area contributed by atoms with E-state index in [4.69, 9.17) is 4.74 Å². The Balaban J connectivity index is 3.04. The highest BCUT2D eigenvalue weighted by Gasteiger charge is 2.43. The number of carbonyl (C=O) groups excluding carboxylic acids is 4. The molecule has 2 unspecified atom stereocenters. The fraction of sp³-hybridized carbons (Fsp3) is 0.583. The molecule has 0 N–H and O–H groups in total. The highest BCUT2D eigenvalue weighted by atomic mass is 16.5. The lowest BCUT2D eigenvalue weighted by Gasteiger charge is -2.25.